The number of rotatable bonds is 3. The molecule has 0 bridgehead atoms. The molecule has 7 heteroatoms. The Morgan fingerprint density at radius 3 is 2.74 bits per heavy atom. The van der Waals surface area contributed by atoms with Gasteiger partial charge in [0.25, 0.3) is 0 Å². The molecule has 0 N–H and O–H groups in total. The Morgan fingerprint density at radius 2 is 1.96 bits per heavy atom. The summed E-state index contributed by atoms with van der Waals surface area (Å²) in [5.41, 5.74) is 2.79. The molecule has 0 radical (unpaired) electrons. The lowest BCUT2D eigenvalue weighted by atomic mass is 10.00. The van der Waals surface area contributed by atoms with Crippen molar-refractivity contribution in [1.29, 1.82) is 0 Å². The van der Waals surface area contributed by atoms with Gasteiger partial charge >= 0.3 is 0 Å². The molecule has 0 saturated carbocycles. The SMILES string of the molecule is CN1CCN(c2ncnc3cccc(-c4ccc(Cl)c(Cl)c4)c23)CC1C=O. The first kappa shape index (κ1) is 18.2. The molecular weight excluding hydrogens is 383 g/mol. The van der Waals surface area contributed by atoms with Crippen LogP contribution in [0.3, 0.4) is 0 Å². The van der Waals surface area contributed by atoms with Crippen molar-refractivity contribution in [3.8, 4) is 11.1 Å². The second kappa shape index (κ2) is 7.43. The van der Waals surface area contributed by atoms with Gasteiger partial charge in [0.15, 0.2) is 0 Å². The van der Waals surface area contributed by atoms with Gasteiger partial charge in [0.05, 0.1) is 27.0 Å². The number of benzene rings is 2. The summed E-state index contributed by atoms with van der Waals surface area (Å²) in [5.74, 6) is 0.835. The molecule has 27 heavy (non-hydrogen) atoms. The molecule has 138 valence electrons. The highest BCUT2D eigenvalue weighted by atomic mass is 35.5. The van der Waals surface area contributed by atoms with E-state index in [1.807, 2.05) is 37.4 Å². The third-order valence-electron chi connectivity index (χ3n) is 5.03. The normalized spacial score (nSPS) is 18.0. The molecule has 1 unspecified atom stereocenters. The first-order valence-electron chi connectivity index (χ1n) is 8.68. The van der Waals surface area contributed by atoms with Crippen LogP contribution in [0.1, 0.15) is 0 Å². The molecule has 5 nitrogen and oxygen atoms in total. The number of likely N-dealkylation sites (N-methyl/N-ethyl adjacent to an activating group) is 1. The van der Waals surface area contributed by atoms with Crippen LogP contribution in [-0.4, -0.2) is 53.9 Å². The molecule has 0 aliphatic carbocycles. The van der Waals surface area contributed by atoms with Crippen molar-refractivity contribution in [3.05, 3.63) is 52.8 Å². The third-order valence-corrected chi connectivity index (χ3v) is 5.77. The van der Waals surface area contributed by atoms with Gasteiger partial charge in [-0.2, -0.15) is 0 Å². The highest BCUT2D eigenvalue weighted by molar-refractivity contribution is 6.42. The van der Waals surface area contributed by atoms with Crippen molar-refractivity contribution in [2.45, 2.75) is 6.04 Å². The molecule has 1 saturated heterocycles. The summed E-state index contributed by atoms with van der Waals surface area (Å²) in [7, 11) is 1.97. The van der Waals surface area contributed by atoms with E-state index < -0.39 is 0 Å². The largest absolute Gasteiger partial charge is 0.353 e. The second-order valence-electron chi connectivity index (χ2n) is 6.66. The number of fused-ring (bicyclic) bond motifs is 1. The van der Waals surface area contributed by atoms with Gasteiger partial charge in [0, 0.05) is 19.6 Å². The molecule has 2 heterocycles. The maximum Gasteiger partial charge on any atom is 0.140 e. The average Bonchev–Trinajstić information content (AvgIpc) is 2.69. The predicted octanol–water partition coefficient (Wildman–Crippen LogP) is 3.92. The molecule has 2 aromatic carbocycles. The Balaban J connectivity index is 1.87. The standard InChI is InChI=1S/C20H18Cl2N4O/c1-25-7-8-26(10-14(25)11-27)20-19-15(3-2-4-18(19)23-12-24-20)13-5-6-16(21)17(22)9-13/h2-6,9,11-12,14H,7-8,10H2,1H3. The summed E-state index contributed by atoms with van der Waals surface area (Å²) in [4.78, 5) is 24.7. The van der Waals surface area contributed by atoms with Gasteiger partial charge < -0.3 is 9.69 Å². The van der Waals surface area contributed by atoms with E-state index in [9.17, 15) is 4.79 Å². The van der Waals surface area contributed by atoms with Crippen LogP contribution in [0, 0.1) is 0 Å². The molecule has 1 aromatic heterocycles. The molecule has 0 amide bonds. The maximum absolute atomic E-state index is 11.4. The van der Waals surface area contributed by atoms with Gasteiger partial charge in [0.2, 0.25) is 0 Å². The van der Waals surface area contributed by atoms with E-state index in [-0.39, 0.29) is 6.04 Å². The Kier molecular flexibility index (Phi) is 5.00. The molecule has 1 aliphatic rings. The maximum atomic E-state index is 11.4. The van der Waals surface area contributed by atoms with Crippen molar-refractivity contribution in [3.63, 3.8) is 0 Å². The predicted molar refractivity (Wildman–Crippen MR) is 110 cm³/mol. The van der Waals surface area contributed by atoms with E-state index in [4.69, 9.17) is 23.2 Å². The fourth-order valence-electron chi connectivity index (χ4n) is 3.48. The van der Waals surface area contributed by atoms with Crippen LogP contribution in [0.15, 0.2) is 42.7 Å². The molecule has 1 aliphatic heterocycles. The number of halogens is 2. The van der Waals surface area contributed by atoms with Crippen molar-refractivity contribution >= 4 is 46.2 Å². The zero-order valence-corrected chi connectivity index (χ0v) is 16.3. The van der Waals surface area contributed by atoms with Crippen LogP contribution in [-0.2, 0) is 4.79 Å². The third kappa shape index (κ3) is 3.38. The van der Waals surface area contributed by atoms with Crippen LogP contribution >= 0.6 is 23.2 Å². The summed E-state index contributed by atoms with van der Waals surface area (Å²) >= 11 is 12.3. The lowest BCUT2D eigenvalue weighted by molar-refractivity contribution is -0.112. The summed E-state index contributed by atoms with van der Waals surface area (Å²) in [5, 5.41) is 1.97. The quantitative estimate of drug-likeness (QED) is 0.623. The van der Waals surface area contributed by atoms with Gasteiger partial charge in [0.1, 0.15) is 18.4 Å². The fourth-order valence-corrected chi connectivity index (χ4v) is 3.78. The lowest BCUT2D eigenvalue weighted by Crippen LogP contribution is -2.52. The van der Waals surface area contributed by atoms with Crippen LogP contribution in [0.2, 0.25) is 10.0 Å². The van der Waals surface area contributed by atoms with Crippen LogP contribution < -0.4 is 4.90 Å². The number of hydrogen-bond donors (Lipinski definition) is 0. The van der Waals surface area contributed by atoms with E-state index in [2.05, 4.69) is 19.8 Å². The van der Waals surface area contributed by atoms with E-state index in [0.717, 1.165) is 47.2 Å². The summed E-state index contributed by atoms with van der Waals surface area (Å²) in [6, 6.07) is 11.4. The number of anilines is 1. The van der Waals surface area contributed by atoms with E-state index >= 15 is 0 Å². The number of carbonyl (C=O) groups excluding carboxylic acids is 1. The molecule has 1 atom stereocenters. The molecule has 1 fully saturated rings. The topological polar surface area (TPSA) is 49.3 Å². The number of nitrogens with zero attached hydrogens (tertiary/aromatic N) is 4. The van der Waals surface area contributed by atoms with Crippen molar-refractivity contribution in [2.75, 3.05) is 31.6 Å². The Labute approximate surface area is 167 Å². The first-order chi connectivity index (χ1) is 13.1. The number of aromatic nitrogens is 2. The molecule has 4 rings (SSSR count). The van der Waals surface area contributed by atoms with E-state index in [1.165, 1.54) is 0 Å². The summed E-state index contributed by atoms with van der Waals surface area (Å²) < 4.78 is 0. The smallest absolute Gasteiger partial charge is 0.140 e. The first-order valence-corrected chi connectivity index (χ1v) is 9.43. The van der Waals surface area contributed by atoms with Crippen molar-refractivity contribution in [2.24, 2.45) is 0 Å². The van der Waals surface area contributed by atoms with Gasteiger partial charge in [-0.1, -0.05) is 41.4 Å². The minimum absolute atomic E-state index is 0.152. The number of aldehydes is 1. The highest BCUT2D eigenvalue weighted by Crippen LogP contribution is 2.36. The fraction of sp³-hybridized carbons (Fsp3) is 0.250. The van der Waals surface area contributed by atoms with Crippen LogP contribution in [0.25, 0.3) is 22.0 Å². The van der Waals surface area contributed by atoms with E-state index in [1.54, 1.807) is 12.4 Å². The second-order valence-corrected chi connectivity index (χ2v) is 7.47. The molecule has 0 spiro atoms. The Bertz CT molecular complexity index is 1010. The van der Waals surface area contributed by atoms with Crippen molar-refractivity contribution < 1.29 is 4.79 Å². The highest BCUT2D eigenvalue weighted by Gasteiger charge is 2.26. The van der Waals surface area contributed by atoms with Gasteiger partial charge in [-0.15, -0.1) is 0 Å². The van der Waals surface area contributed by atoms with E-state index in [0.29, 0.717) is 16.6 Å². The zero-order chi connectivity index (χ0) is 19.0. The monoisotopic (exact) mass is 400 g/mol. The zero-order valence-electron chi connectivity index (χ0n) is 14.8. The number of hydrogen-bond acceptors (Lipinski definition) is 5. The van der Waals surface area contributed by atoms with Gasteiger partial charge in [-0.25, -0.2) is 9.97 Å². The summed E-state index contributed by atoms with van der Waals surface area (Å²) in [6.07, 6.45) is 2.57. The molecular formula is C20H18Cl2N4O. The van der Waals surface area contributed by atoms with Gasteiger partial charge in [-0.05, 0) is 36.4 Å². The van der Waals surface area contributed by atoms with Gasteiger partial charge in [-0.3, -0.25) is 4.90 Å². The number of carbonyl (C=O) groups is 1. The lowest BCUT2D eigenvalue weighted by Gasteiger charge is -2.37. The summed E-state index contributed by atoms with van der Waals surface area (Å²) in [6.45, 7) is 2.19. The molecule has 3 aromatic rings. The number of piperazine rings is 1. The average molecular weight is 401 g/mol. The minimum atomic E-state index is -0.152. The Hall–Kier alpha value is -2.21. The van der Waals surface area contributed by atoms with Crippen LogP contribution in [0.4, 0.5) is 5.82 Å². The van der Waals surface area contributed by atoms with Crippen LogP contribution in [0.5, 0.6) is 0 Å². The Morgan fingerprint density at radius 1 is 1.11 bits per heavy atom. The van der Waals surface area contributed by atoms with Crippen molar-refractivity contribution in [1.82, 2.24) is 14.9 Å². The minimum Gasteiger partial charge on any atom is -0.353 e.